The Bertz CT molecular complexity index is 822. The topological polar surface area (TPSA) is 63.3 Å². The number of carboxylic acids is 1. The first-order chi connectivity index (χ1) is 10.6. The van der Waals surface area contributed by atoms with Crippen molar-refractivity contribution in [2.75, 3.05) is 0 Å². The smallest absolute Gasteiger partial charge is 0.342 e. The number of fused-ring (bicyclic) bond motifs is 1. The summed E-state index contributed by atoms with van der Waals surface area (Å²) in [6.07, 6.45) is 1.59. The van der Waals surface area contributed by atoms with Gasteiger partial charge in [-0.05, 0) is 47.7 Å². The molecule has 0 spiro atoms. The van der Waals surface area contributed by atoms with Crippen molar-refractivity contribution in [1.82, 2.24) is 4.98 Å². The molecule has 0 saturated carbocycles. The monoisotopic (exact) mass is 375 g/mol. The quantitative estimate of drug-likeness (QED) is 0.523. The number of carbonyl (C=O) groups is 1. The Labute approximate surface area is 139 Å². The van der Waals surface area contributed by atoms with Crippen LogP contribution in [0.15, 0.2) is 67.5 Å². The SMILES string of the molecule is O=C(O)/C(=C\c1ccc(Br)cc1)Sc1nc2ccccc2o1. The van der Waals surface area contributed by atoms with Crippen LogP contribution in [0.5, 0.6) is 0 Å². The molecule has 3 aromatic rings. The number of hydrogen-bond acceptors (Lipinski definition) is 4. The zero-order valence-corrected chi connectivity index (χ0v) is 13.6. The third-order valence-corrected chi connectivity index (χ3v) is 4.24. The zero-order chi connectivity index (χ0) is 15.5. The molecule has 4 nitrogen and oxygen atoms in total. The molecular formula is C16H10BrNO3S. The number of rotatable bonds is 4. The number of aliphatic carboxylic acids is 1. The normalized spacial score (nSPS) is 11.8. The number of hydrogen-bond donors (Lipinski definition) is 1. The van der Waals surface area contributed by atoms with Crippen LogP contribution in [0, 0.1) is 0 Å². The van der Waals surface area contributed by atoms with Gasteiger partial charge in [0.1, 0.15) is 10.4 Å². The molecule has 2 aromatic carbocycles. The van der Waals surface area contributed by atoms with E-state index in [0.29, 0.717) is 16.3 Å². The lowest BCUT2D eigenvalue weighted by Crippen LogP contribution is -1.96. The van der Waals surface area contributed by atoms with Crippen molar-refractivity contribution in [3.8, 4) is 0 Å². The molecule has 6 heteroatoms. The number of carboxylic acid groups (broad SMARTS) is 1. The highest BCUT2D eigenvalue weighted by Crippen LogP contribution is 2.30. The van der Waals surface area contributed by atoms with Gasteiger partial charge in [0.15, 0.2) is 5.58 Å². The molecule has 110 valence electrons. The molecular weight excluding hydrogens is 366 g/mol. The molecule has 0 unspecified atom stereocenters. The number of halogens is 1. The van der Waals surface area contributed by atoms with Crippen LogP contribution in [0.4, 0.5) is 0 Å². The van der Waals surface area contributed by atoms with E-state index in [1.165, 1.54) is 0 Å². The minimum atomic E-state index is -1.02. The van der Waals surface area contributed by atoms with Crippen LogP contribution in [0.25, 0.3) is 17.2 Å². The summed E-state index contributed by atoms with van der Waals surface area (Å²) in [5.74, 6) is -1.02. The minimum absolute atomic E-state index is 0.147. The Morgan fingerprint density at radius 1 is 1.18 bits per heavy atom. The predicted molar refractivity (Wildman–Crippen MR) is 89.6 cm³/mol. The van der Waals surface area contributed by atoms with Gasteiger partial charge in [0.2, 0.25) is 0 Å². The lowest BCUT2D eigenvalue weighted by Gasteiger charge is -1.99. The van der Waals surface area contributed by atoms with Gasteiger partial charge < -0.3 is 9.52 Å². The van der Waals surface area contributed by atoms with E-state index in [4.69, 9.17) is 4.42 Å². The van der Waals surface area contributed by atoms with E-state index in [1.54, 1.807) is 12.1 Å². The van der Waals surface area contributed by atoms with Gasteiger partial charge in [0.25, 0.3) is 5.22 Å². The summed E-state index contributed by atoms with van der Waals surface area (Å²) in [6, 6.07) is 14.7. The minimum Gasteiger partial charge on any atom is -0.477 e. The van der Waals surface area contributed by atoms with E-state index in [-0.39, 0.29) is 4.91 Å². The van der Waals surface area contributed by atoms with Gasteiger partial charge in [-0.15, -0.1) is 0 Å². The standard InChI is InChI=1S/C16H10BrNO3S/c17-11-7-5-10(6-8-11)9-14(15(19)20)22-16-18-12-3-1-2-4-13(12)21-16/h1-9H,(H,19,20)/b14-9+. The van der Waals surface area contributed by atoms with Crippen molar-refractivity contribution in [2.24, 2.45) is 0 Å². The molecule has 0 aliphatic carbocycles. The fourth-order valence-electron chi connectivity index (χ4n) is 1.83. The molecule has 1 N–H and O–H groups in total. The number of oxazole rings is 1. The number of para-hydroxylation sites is 2. The largest absolute Gasteiger partial charge is 0.477 e. The Hall–Kier alpha value is -2.05. The highest BCUT2D eigenvalue weighted by molar-refractivity contribution is 9.10. The number of nitrogens with zero attached hydrogens (tertiary/aromatic N) is 1. The maximum absolute atomic E-state index is 11.4. The lowest BCUT2D eigenvalue weighted by atomic mass is 10.2. The van der Waals surface area contributed by atoms with Gasteiger partial charge in [-0.1, -0.05) is 40.2 Å². The molecule has 0 aliphatic heterocycles. The second kappa shape index (κ2) is 6.37. The summed E-state index contributed by atoms with van der Waals surface area (Å²) < 4.78 is 6.48. The van der Waals surface area contributed by atoms with Crippen molar-refractivity contribution >= 4 is 50.8 Å². The highest BCUT2D eigenvalue weighted by Gasteiger charge is 2.14. The summed E-state index contributed by atoms with van der Waals surface area (Å²) in [6.45, 7) is 0. The fourth-order valence-corrected chi connectivity index (χ4v) is 2.84. The molecule has 1 heterocycles. The van der Waals surface area contributed by atoms with Crippen molar-refractivity contribution in [2.45, 2.75) is 5.22 Å². The molecule has 0 aliphatic rings. The summed E-state index contributed by atoms with van der Waals surface area (Å²) >= 11 is 4.34. The fraction of sp³-hybridized carbons (Fsp3) is 0. The summed E-state index contributed by atoms with van der Waals surface area (Å²) in [5, 5.41) is 9.67. The molecule has 0 atom stereocenters. The molecule has 0 bridgehead atoms. The summed E-state index contributed by atoms with van der Waals surface area (Å²) in [5.41, 5.74) is 2.14. The molecule has 22 heavy (non-hydrogen) atoms. The molecule has 0 saturated heterocycles. The van der Waals surface area contributed by atoms with Gasteiger partial charge in [0, 0.05) is 4.47 Å². The van der Waals surface area contributed by atoms with E-state index < -0.39 is 5.97 Å². The lowest BCUT2D eigenvalue weighted by molar-refractivity contribution is -0.131. The number of thioether (sulfide) groups is 1. The van der Waals surface area contributed by atoms with E-state index in [9.17, 15) is 9.90 Å². The van der Waals surface area contributed by atoms with Crippen LogP contribution >= 0.6 is 27.7 Å². The first kappa shape index (κ1) is 14.9. The average Bonchev–Trinajstić information content (AvgIpc) is 2.91. The van der Waals surface area contributed by atoms with Crippen molar-refractivity contribution < 1.29 is 14.3 Å². The van der Waals surface area contributed by atoms with Gasteiger partial charge in [-0.25, -0.2) is 9.78 Å². The van der Waals surface area contributed by atoms with Crippen molar-refractivity contribution in [1.29, 1.82) is 0 Å². The van der Waals surface area contributed by atoms with Crippen molar-refractivity contribution in [3.63, 3.8) is 0 Å². The third-order valence-electron chi connectivity index (χ3n) is 2.85. The van der Waals surface area contributed by atoms with Crippen LogP contribution < -0.4 is 0 Å². The second-order valence-electron chi connectivity index (χ2n) is 4.41. The first-order valence-electron chi connectivity index (χ1n) is 6.36. The summed E-state index contributed by atoms with van der Waals surface area (Å²) in [7, 11) is 0. The Kier molecular flexibility index (Phi) is 4.31. The third kappa shape index (κ3) is 3.40. The zero-order valence-electron chi connectivity index (χ0n) is 11.2. The van der Waals surface area contributed by atoms with E-state index >= 15 is 0 Å². The van der Waals surface area contributed by atoms with E-state index in [2.05, 4.69) is 20.9 Å². The number of benzene rings is 2. The van der Waals surface area contributed by atoms with Crippen LogP contribution in [0.3, 0.4) is 0 Å². The Morgan fingerprint density at radius 3 is 2.59 bits per heavy atom. The molecule has 0 radical (unpaired) electrons. The molecule has 0 fully saturated rings. The van der Waals surface area contributed by atoms with Crippen molar-refractivity contribution in [3.05, 3.63) is 63.5 Å². The van der Waals surface area contributed by atoms with Crippen LogP contribution in [-0.4, -0.2) is 16.1 Å². The second-order valence-corrected chi connectivity index (χ2v) is 6.32. The van der Waals surface area contributed by atoms with Gasteiger partial charge >= 0.3 is 5.97 Å². The van der Waals surface area contributed by atoms with Crippen LogP contribution in [0.1, 0.15) is 5.56 Å². The summed E-state index contributed by atoms with van der Waals surface area (Å²) in [4.78, 5) is 15.8. The Morgan fingerprint density at radius 2 is 1.91 bits per heavy atom. The maximum Gasteiger partial charge on any atom is 0.342 e. The first-order valence-corrected chi connectivity index (χ1v) is 7.97. The highest BCUT2D eigenvalue weighted by atomic mass is 79.9. The predicted octanol–water partition coefficient (Wildman–Crippen LogP) is 4.81. The van der Waals surface area contributed by atoms with E-state index in [1.807, 2.05) is 42.5 Å². The van der Waals surface area contributed by atoms with Crippen LogP contribution in [0.2, 0.25) is 0 Å². The molecule has 3 rings (SSSR count). The van der Waals surface area contributed by atoms with Crippen LogP contribution in [-0.2, 0) is 4.79 Å². The van der Waals surface area contributed by atoms with Gasteiger partial charge in [-0.3, -0.25) is 0 Å². The molecule has 1 aromatic heterocycles. The molecule has 0 amide bonds. The average molecular weight is 376 g/mol. The van der Waals surface area contributed by atoms with Gasteiger partial charge in [0.05, 0.1) is 0 Å². The number of aromatic nitrogens is 1. The Balaban J connectivity index is 1.91. The van der Waals surface area contributed by atoms with Gasteiger partial charge in [-0.2, -0.15) is 0 Å². The maximum atomic E-state index is 11.4. The van der Waals surface area contributed by atoms with E-state index in [0.717, 1.165) is 21.8 Å².